The van der Waals surface area contributed by atoms with Crippen LogP contribution in [0, 0.1) is 0 Å². The molecule has 0 saturated heterocycles. The average molecular weight is 251 g/mol. The second kappa shape index (κ2) is 8.92. The second-order valence-electron chi connectivity index (χ2n) is 4.85. The minimum Gasteiger partial charge on any atom is -0.377 e. The largest absolute Gasteiger partial charge is 0.377 e. The molecule has 1 N–H and O–H groups in total. The van der Waals surface area contributed by atoms with Crippen LogP contribution in [-0.2, 0) is 9.53 Å². The molecule has 1 amide bonds. The van der Waals surface area contributed by atoms with Crippen molar-refractivity contribution in [3.05, 3.63) is 23.8 Å². The number of rotatable bonds is 1. The predicted octanol–water partition coefficient (Wildman–Crippen LogP) is 2.97. The van der Waals surface area contributed by atoms with E-state index in [9.17, 15) is 4.79 Å². The molecule has 1 heterocycles. The van der Waals surface area contributed by atoms with Gasteiger partial charge in [0.25, 0.3) is 0 Å². The highest BCUT2D eigenvalue weighted by atomic mass is 16.5. The van der Waals surface area contributed by atoms with Crippen LogP contribution in [0.5, 0.6) is 0 Å². The van der Waals surface area contributed by atoms with Crippen molar-refractivity contribution in [2.24, 2.45) is 0 Å². The number of allylic oxidation sites excluding steroid dienone is 2. The van der Waals surface area contributed by atoms with Crippen molar-refractivity contribution in [1.82, 2.24) is 5.32 Å². The van der Waals surface area contributed by atoms with Crippen LogP contribution in [0.3, 0.4) is 0 Å². The third-order valence-corrected chi connectivity index (χ3v) is 3.19. The first-order valence-electron chi connectivity index (χ1n) is 6.84. The first-order chi connectivity index (χ1) is 8.72. The third kappa shape index (κ3) is 6.60. The summed E-state index contributed by atoms with van der Waals surface area (Å²) < 4.78 is 5.42. The average Bonchev–Trinajstić information content (AvgIpc) is 2.37. The van der Waals surface area contributed by atoms with Crippen LogP contribution in [0.2, 0.25) is 0 Å². The molecule has 1 atom stereocenters. The Morgan fingerprint density at radius 3 is 2.94 bits per heavy atom. The third-order valence-electron chi connectivity index (χ3n) is 3.19. The quantitative estimate of drug-likeness (QED) is 0.728. The molecule has 1 aliphatic rings. The van der Waals surface area contributed by atoms with Crippen LogP contribution >= 0.6 is 0 Å². The summed E-state index contributed by atoms with van der Waals surface area (Å²) in [6.07, 6.45) is 12.4. The Bertz CT molecular complexity index is 308. The molecular formula is C15H25NO2. The van der Waals surface area contributed by atoms with Gasteiger partial charge in [-0.3, -0.25) is 4.79 Å². The SMILES string of the molecule is COC1/C=C/CCCCC(=O)NC/C(C)=C\CC1. The van der Waals surface area contributed by atoms with Crippen molar-refractivity contribution >= 4 is 5.91 Å². The summed E-state index contributed by atoms with van der Waals surface area (Å²) in [5.41, 5.74) is 1.22. The summed E-state index contributed by atoms with van der Waals surface area (Å²) in [5, 5.41) is 2.95. The lowest BCUT2D eigenvalue weighted by Crippen LogP contribution is -2.24. The Hall–Kier alpha value is -1.09. The highest BCUT2D eigenvalue weighted by molar-refractivity contribution is 5.76. The lowest BCUT2D eigenvalue weighted by molar-refractivity contribution is -0.121. The molecular weight excluding hydrogens is 226 g/mol. The normalized spacial score (nSPS) is 28.7. The van der Waals surface area contributed by atoms with E-state index in [1.54, 1.807) is 7.11 Å². The van der Waals surface area contributed by atoms with E-state index in [-0.39, 0.29) is 12.0 Å². The zero-order valence-corrected chi connectivity index (χ0v) is 11.6. The summed E-state index contributed by atoms with van der Waals surface area (Å²) >= 11 is 0. The molecule has 18 heavy (non-hydrogen) atoms. The second-order valence-corrected chi connectivity index (χ2v) is 4.85. The number of carbonyl (C=O) groups excluding carboxylic acids is 1. The van der Waals surface area contributed by atoms with Gasteiger partial charge in [0, 0.05) is 20.1 Å². The number of amides is 1. The topological polar surface area (TPSA) is 38.3 Å². The number of ether oxygens (including phenoxy) is 1. The molecule has 1 rings (SSSR count). The van der Waals surface area contributed by atoms with E-state index in [1.165, 1.54) is 5.57 Å². The van der Waals surface area contributed by atoms with Gasteiger partial charge in [0.1, 0.15) is 0 Å². The smallest absolute Gasteiger partial charge is 0.220 e. The lowest BCUT2D eigenvalue weighted by Gasteiger charge is -2.11. The van der Waals surface area contributed by atoms with Gasteiger partial charge in [-0.05, 0) is 39.0 Å². The van der Waals surface area contributed by atoms with Gasteiger partial charge < -0.3 is 10.1 Å². The van der Waals surface area contributed by atoms with E-state index in [1.807, 2.05) is 0 Å². The monoisotopic (exact) mass is 251 g/mol. The zero-order valence-electron chi connectivity index (χ0n) is 11.6. The van der Waals surface area contributed by atoms with Gasteiger partial charge in [-0.25, -0.2) is 0 Å². The van der Waals surface area contributed by atoms with Crippen LogP contribution in [-0.4, -0.2) is 25.7 Å². The Morgan fingerprint density at radius 1 is 1.33 bits per heavy atom. The van der Waals surface area contributed by atoms with Gasteiger partial charge in [0.15, 0.2) is 0 Å². The molecule has 0 aromatic heterocycles. The first kappa shape index (κ1) is 15.0. The van der Waals surface area contributed by atoms with Gasteiger partial charge in [0.05, 0.1) is 6.10 Å². The molecule has 0 spiro atoms. The fourth-order valence-electron chi connectivity index (χ4n) is 1.98. The minimum absolute atomic E-state index is 0.165. The summed E-state index contributed by atoms with van der Waals surface area (Å²) in [6, 6.07) is 0. The number of carbonyl (C=O) groups is 1. The standard InChI is InChI=1S/C15H25NO2/c1-13-8-7-10-14(18-2)9-5-3-4-6-11-15(17)16-12-13/h5,8-9,14H,3-4,6-7,10-12H2,1-2H3,(H,16,17)/b9-5+,13-8-. The number of hydrogen-bond acceptors (Lipinski definition) is 2. The Morgan fingerprint density at radius 2 is 2.17 bits per heavy atom. The van der Waals surface area contributed by atoms with Crippen molar-refractivity contribution < 1.29 is 9.53 Å². The van der Waals surface area contributed by atoms with Gasteiger partial charge in [0.2, 0.25) is 5.91 Å². The maximum Gasteiger partial charge on any atom is 0.220 e. The summed E-state index contributed by atoms with van der Waals surface area (Å²) in [6.45, 7) is 2.73. The maximum absolute atomic E-state index is 11.5. The summed E-state index contributed by atoms with van der Waals surface area (Å²) in [4.78, 5) is 11.5. The number of nitrogens with one attached hydrogen (secondary N) is 1. The molecule has 1 aliphatic heterocycles. The van der Waals surface area contributed by atoms with E-state index >= 15 is 0 Å². The molecule has 0 bridgehead atoms. The van der Waals surface area contributed by atoms with Crippen molar-refractivity contribution in [3.63, 3.8) is 0 Å². The van der Waals surface area contributed by atoms with Gasteiger partial charge in [-0.15, -0.1) is 0 Å². The van der Waals surface area contributed by atoms with Crippen molar-refractivity contribution in [2.75, 3.05) is 13.7 Å². The molecule has 0 aromatic rings. The molecule has 0 fully saturated rings. The van der Waals surface area contributed by atoms with Gasteiger partial charge in [-0.2, -0.15) is 0 Å². The molecule has 1 unspecified atom stereocenters. The number of hydrogen-bond donors (Lipinski definition) is 1. The lowest BCUT2D eigenvalue weighted by atomic mass is 10.1. The fraction of sp³-hybridized carbons (Fsp3) is 0.667. The van der Waals surface area contributed by atoms with Crippen molar-refractivity contribution in [3.8, 4) is 0 Å². The Labute approximate surface area is 110 Å². The molecule has 3 nitrogen and oxygen atoms in total. The predicted molar refractivity (Wildman–Crippen MR) is 74.4 cm³/mol. The van der Waals surface area contributed by atoms with Crippen LogP contribution < -0.4 is 5.32 Å². The summed E-state index contributed by atoms with van der Waals surface area (Å²) in [5.74, 6) is 0.165. The van der Waals surface area contributed by atoms with Crippen molar-refractivity contribution in [2.45, 2.75) is 51.6 Å². The van der Waals surface area contributed by atoms with Crippen LogP contribution in [0.1, 0.15) is 45.4 Å². The Balaban J connectivity index is 2.53. The highest BCUT2D eigenvalue weighted by Gasteiger charge is 2.04. The molecule has 0 aliphatic carbocycles. The minimum atomic E-state index is 0.165. The van der Waals surface area contributed by atoms with Gasteiger partial charge in [-0.1, -0.05) is 23.8 Å². The Kier molecular flexibility index (Phi) is 7.42. The molecule has 0 saturated carbocycles. The van der Waals surface area contributed by atoms with E-state index < -0.39 is 0 Å². The highest BCUT2D eigenvalue weighted by Crippen LogP contribution is 2.09. The fourth-order valence-corrected chi connectivity index (χ4v) is 1.98. The zero-order chi connectivity index (χ0) is 13.2. The molecule has 102 valence electrons. The number of methoxy groups -OCH3 is 1. The van der Waals surface area contributed by atoms with E-state index in [0.717, 1.165) is 32.1 Å². The molecule has 0 radical (unpaired) electrons. The first-order valence-corrected chi connectivity index (χ1v) is 6.84. The van der Waals surface area contributed by atoms with Crippen LogP contribution in [0.4, 0.5) is 0 Å². The van der Waals surface area contributed by atoms with Crippen LogP contribution in [0.15, 0.2) is 23.8 Å². The molecule has 0 aromatic carbocycles. The van der Waals surface area contributed by atoms with Crippen molar-refractivity contribution in [1.29, 1.82) is 0 Å². The van der Waals surface area contributed by atoms with E-state index in [0.29, 0.717) is 13.0 Å². The summed E-state index contributed by atoms with van der Waals surface area (Å²) in [7, 11) is 1.76. The molecule has 3 heteroatoms. The van der Waals surface area contributed by atoms with E-state index in [2.05, 4.69) is 30.5 Å². The van der Waals surface area contributed by atoms with Gasteiger partial charge >= 0.3 is 0 Å². The van der Waals surface area contributed by atoms with Crippen LogP contribution in [0.25, 0.3) is 0 Å². The van der Waals surface area contributed by atoms with E-state index in [4.69, 9.17) is 4.74 Å². The maximum atomic E-state index is 11.5.